The maximum Gasteiger partial charge on any atom is 0.00748 e. The lowest BCUT2D eigenvalue weighted by atomic mass is 9.81. The van der Waals surface area contributed by atoms with E-state index >= 15 is 0 Å². The number of hydrogen-bond acceptors (Lipinski definition) is 2. The third-order valence-electron chi connectivity index (χ3n) is 3.42. The van der Waals surface area contributed by atoms with E-state index in [9.17, 15) is 0 Å². The van der Waals surface area contributed by atoms with Crippen LogP contribution in [0.15, 0.2) is 24.3 Å². The van der Waals surface area contributed by atoms with E-state index in [1.165, 1.54) is 11.1 Å². The Balaban J connectivity index is 2.77. The van der Waals surface area contributed by atoms with E-state index in [1.807, 2.05) is 0 Å². The topological polar surface area (TPSA) is 38.0 Å². The van der Waals surface area contributed by atoms with Gasteiger partial charge >= 0.3 is 0 Å². The zero-order valence-corrected chi connectivity index (χ0v) is 12.5. The van der Waals surface area contributed by atoms with Crippen molar-refractivity contribution < 1.29 is 0 Å². The predicted octanol–water partition coefficient (Wildman–Crippen LogP) is 2.81. The van der Waals surface area contributed by atoms with Crippen LogP contribution in [0.2, 0.25) is 0 Å². The molecule has 2 nitrogen and oxygen atoms in total. The fourth-order valence-corrected chi connectivity index (χ4v) is 2.03. The number of hydrogen-bond donors (Lipinski definition) is 2. The van der Waals surface area contributed by atoms with Crippen molar-refractivity contribution in [1.29, 1.82) is 0 Å². The molecule has 1 aromatic carbocycles. The first-order valence-electron chi connectivity index (χ1n) is 6.79. The molecule has 0 saturated carbocycles. The zero-order chi connectivity index (χ0) is 13.8. The first-order chi connectivity index (χ1) is 8.27. The lowest BCUT2D eigenvalue weighted by Crippen LogP contribution is -2.35. The molecule has 0 saturated heterocycles. The first kappa shape index (κ1) is 15.2. The van der Waals surface area contributed by atoms with Gasteiger partial charge in [-0.15, -0.1) is 0 Å². The van der Waals surface area contributed by atoms with Crippen LogP contribution in [-0.2, 0) is 10.8 Å². The van der Waals surface area contributed by atoms with Crippen molar-refractivity contribution in [3.63, 3.8) is 0 Å². The number of rotatable bonds is 5. The molecular formula is C16H28N2. The summed E-state index contributed by atoms with van der Waals surface area (Å²) >= 11 is 0. The molecule has 1 aromatic rings. The lowest BCUT2D eigenvalue weighted by Gasteiger charge is -2.27. The van der Waals surface area contributed by atoms with Gasteiger partial charge in [0.25, 0.3) is 0 Å². The van der Waals surface area contributed by atoms with E-state index < -0.39 is 0 Å². The van der Waals surface area contributed by atoms with Crippen LogP contribution in [0, 0.1) is 0 Å². The monoisotopic (exact) mass is 248 g/mol. The smallest absolute Gasteiger partial charge is 0.00748 e. The van der Waals surface area contributed by atoms with Crippen LogP contribution in [0.5, 0.6) is 0 Å². The van der Waals surface area contributed by atoms with Gasteiger partial charge in [-0.3, -0.25) is 0 Å². The summed E-state index contributed by atoms with van der Waals surface area (Å²) in [5, 5.41) is 3.39. The molecule has 2 heteroatoms. The molecular weight excluding hydrogens is 220 g/mol. The Labute approximate surface area is 112 Å². The minimum absolute atomic E-state index is 0.144. The van der Waals surface area contributed by atoms with Crippen molar-refractivity contribution in [3.05, 3.63) is 35.4 Å². The zero-order valence-electron chi connectivity index (χ0n) is 12.5. The van der Waals surface area contributed by atoms with Gasteiger partial charge in [0, 0.05) is 25.0 Å². The van der Waals surface area contributed by atoms with Crippen LogP contribution < -0.4 is 11.1 Å². The second kappa shape index (κ2) is 5.85. The van der Waals surface area contributed by atoms with Crippen molar-refractivity contribution in [2.24, 2.45) is 5.73 Å². The minimum atomic E-state index is 0.144. The molecule has 0 amide bonds. The summed E-state index contributed by atoms with van der Waals surface area (Å²) in [5.41, 5.74) is 8.63. The molecule has 0 radical (unpaired) electrons. The molecule has 0 aliphatic heterocycles. The molecule has 0 atom stereocenters. The number of nitrogens with two attached hydrogens (primary N) is 1. The van der Waals surface area contributed by atoms with Crippen molar-refractivity contribution in [2.75, 3.05) is 19.6 Å². The molecule has 0 fully saturated rings. The Hall–Kier alpha value is -0.860. The van der Waals surface area contributed by atoms with Crippen molar-refractivity contribution >= 4 is 0 Å². The molecule has 0 bridgehead atoms. The van der Waals surface area contributed by atoms with Gasteiger partial charge in [-0.1, -0.05) is 58.9 Å². The Bertz CT molecular complexity index is 358. The lowest BCUT2D eigenvalue weighted by molar-refractivity contribution is 0.472. The van der Waals surface area contributed by atoms with Crippen molar-refractivity contribution in [1.82, 2.24) is 5.32 Å². The van der Waals surface area contributed by atoms with Crippen LogP contribution in [0.1, 0.15) is 45.7 Å². The summed E-state index contributed by atoms with van der Waals surface area (Å²) in [6.45, 7) is 13.8. The van der Waals surface area contributed by atoms with Crippen LogP contribution >= 0.6 is 0 Å². The summed E-state index contributed by atoms with van der Waals surface area (Å²) in [6, 6.07) is 9.01. The average Bonchev–Trinajstić information content (AvgIpc) is 2.28. The van der Waals surface area contributed by atoms with Gasteiger partial charge < -0.3 is 11.1 Å². The maximum absolute atomic E-state index is 5.50. The SMILES string of the molecule is CC(C)(C)c1ccc(C(C)(C)CNCCN)cc1. The summed E-state index contributed by atoms with van der Waals surface area (Å²) in [5.74, 6) is 0. The molecule has 1 rings (SSSR count). The fourth-order valence-electron chi connectivity index (χ4n) is 2.03. The van der Waals surface area contributed by atoms with Crippen molar-refractivity contribution in [2.45, 2.75) is 45.4 Å². The van der Waals surface area contributed by atoms with Crippen LogP contribution in [0.3, 0.4) is 0 Å². The first-order valence-corrected chi connectivity index (χ1v) is 6.79. The Kier molecular flexibility index (Phi) is 4.94. The second-order valence-corrected chi connectivity index (χ2v) is 6.68. The molecule has 102 valence electrons. The summed E-state index contributed by atoms with van der Waals surface area (Å²) in [7, 11) is 0. The van der Waals surface area contributed by atoms with E-state index in [1.54, 1.807) is 0 Å². The molecule has 0 spiro atoms. The quantitative estimate of drug-likeness (QED) is 0.786. The largest absolute Gasteiger partial charge is 0.329 e. The molecule has 18 heavy (non-hydrogen) atoms. The Morgan fingerprint density at radius 1 is 0.944 bits per heavy atom. The van der Waals surface area contributed by atoms with E-state index in [-0.39, 0.29) is 10.8 Å². The van der Waals surface area contributed by atoms with Gasteiger partial charge in [0.2, 0.25) is 0 Å². The third kappa shape index (κ3) is 4.11. The molecule has 3 N–H and O–H groups in total. The van der Waals surface area contributed by atoms with Gasteiger partial charge in [0.1, 0.15) is 0 Å². The standard InChI is InChI=1S/C16H28N2/c1-15(2,3)13-6-8-14(9-7-13)16(4,5)12-18-11-10-17/h6-9,18H,10-12,17H2,1-5H3. The van der Waals surface area contributed by atoms with Crippen molar-refractivity contribution in [3.8, 4) is 0 Å². The molecule has 0 aliphatic rings. The normalized spacial score (nSPS) is 12.8. The Morgan fingerprint density at radius 3 is 1.89 bits per heavy atom. The highest BCUT2D eigenvalue weighted by Crippen LogP contribution is 2.27. The van der Waals surface area contributed by atoms with Crippen LogP contribution in [0.25, 0.3) is 0 Å². The second-order valence-electron chi connectivity index (χ2n) is 6.68. The van der Waals surface area contributed by atoms with E-state index in [2.05, 4.69) is 64.2 Å². The molecule has 0 aliphatic carbocycles. The Morgan fingerprint density at radius 2 is 1.44 bits per heavy atom. The third-order valence-corrected chi connectivity index (χ3v) is 3.42. The highest BCUT2D eigenvalue weighted by molar-refractivity contribution is 5.31. The van der Waals surface area contributed by atoms with Gasteiger partial charge in [-0.25, -0.2) is 0 Å². The van der Waals surface area contributed by atoms with Gasteiger partial charge in [-0.05, 0) is 16.5 Å². The van der Waals surface area contributed by atoms with Gasteiger partial charge in [0.15, 0.2) is 0 Å². The average molecular weight is 248 g/mol. The fraction of sp³-hybridized carbons (Fsp3) is 0.625. The van der Waals surface area contributed by atoms with E-state index in [4.69, 9.17) is 5.73 Å². The van der Waals surface area contributed by atoms with E-state index in [0.29, 0.717) is 6.54 Å². The van der Waals surface area contributed by atoms with Gasteiger partial charge in [0.05, 0.1) is 0 Å². The number of benzene rings is 1. The van der Waals surface area contributed by atoms with Crippen LogP contribution in [0.4, 0.5) is 0 Å². The molecule has 0 heterocycles. The minimum Gasteiger partial charge on any atom is -0.329 e. The molecule has 0 unspecified atom stereocenters. The summed E-state index contributed by atoms with van der Waals surface area (Å²) in [6.07, 6.45) is 0. The van der Waals surface area contributed by atoms with Gasteiger partial charge in [-0.2, -0.15) is 0 Å². The summed E-state index contributed by atoms with van der Waals surface area (Å²) in [4.78, 5) is 0. The number of nitrogens with one attached hydrogen (secondary N) is 1. The van der Waals surface area contributed by atoms with E-state index in [0.717, 1.165) is 13.1 Å². The van der Waals surface area contributed by atoms with Crippen LogP contribution in [-0.4, -0.2) is 19.6 Å². The predicted molar refractivity (Wildman–Crippen MR) is 80.1 cm³/mol. The summed E-state index contributed by atoms with van der Waals surface area (Å²) < 4.78 is 0. The molecule has 0 aromatic heterocycles. The highest BCUT2D eigenvalue weighted by atomic mass is 14.9. The maximum atomic E-state index is 5.50. The highest BCUT2D eigenvalue weighted by Gasteiger charge is 2.21.